The number of Topliss-reactive ketones (excluding diaryl/α,β-unsaturated/α-hetero) is 1. The van der Waals surface area contributed by atoms with Gasteiger partial charge in [0.05, 0.1) is 0 Å². The molecule has 4 heteroatoms. The Morgan fingerprint density at radius 2 is 1.74 bits per heavy atom. The first kappa shape index (κ1) is 13.3. The standard InChI is InChI=1S/C15H12ClNO2/c1-10-3-2-4-13(9-10)17-15(19)14(18)11-5-7-12(16)8-6-11/h2-9H,1H3,(H,17,19). The van der Waals surface area contributed by atoms with Crippen molar-refractivity contribution in [3.05, 3.63) is 64.7 Å². The molecular formula is C15H12ClNO2. The van der Waals surface area contributed by atoms with Crippen LogP contribution >= 0.6 is 11.6 Å². The summed E-state index contributed by atoms with van der Waals surface area (Å²) in [5.41, 5.74) is 1.93. The van der Waals surface area contributed by atoms with E-state index in [1.54, 1.807) is 24.3 Å². The van der Waals surface area contributed by atoms with Gasteiger partial charge in [0.25, 0.3) is 11.7 Å². The minimum atomic E-state index is -0.659. The lowest BCUT2D eigenvalue weighted by Gasteiger charge is -2.05. The number of nitrogens with one attached hydrogen (secondary N) is 1. The van der Waals surface area contributed by atoms with Crippen LogP contribution in [0, 0.1) is 6.92 Å². The van der Waals surface area contributed by atoms with Crippen molar-refractivity contribution in [1.82, 2.24) is 0 Å². The van der Waals surface area contributed by atoms with E-state index in [0.717, 1.165) is 5.56 Å². The van der Waals surface area contributed by atoms with E-state index in [2.05, 4.69) is 5.32 Å². The second kappa shape index (κ2) is 5.67. The van der Waals surface area contributed by atoms with Crippen molar-refractivity contribution in [3.8, 4) is 0 Å². The molecule has 0 spiro atoms. The summed E-state index contributed by atoms with van der Waals surface area (Å²) in [6.45, 7) is 1.91. The van der Waals surface area contributed by atoms with Gasteiger partial charge in [-0.05, 0) is 48.9 Å². The summed E-state index contributed by atoms with van der Waals surface area (Å²) in [7, 11) is 0. The minimum absolute atomic E-state index is 0.314. The normalized spacial score (nSPS) is 10.0. The lowest BCUT2D eigenvalue weighted by atomic mass is 10.1. The van der Waals surface area contributed by atoms with Gasteiger partial charge in [-0.2, -0.15) is 0 Å². The Morgan fingerprint density at radius 3 is 2.37 bits per heavy atom. The first-order valence-corrected chi connectivity index (χ1v) is 6.12. The average Bonchev–Trinajstić information content (AvgIpc) is 2.39. The zero-order chi connectivity index (χ0) is 13.8. The summed E-state index contributed by atoms with van der Waals surface area (Å²) in [4.78, 5) is 23.7. The van der Waals surface area contributed by atoms with Crippen molar-refractivity contribution in [2.45, 2.75) is 6.92 Å². The van der Waals surface area contributed by atoms with Gasteiger partial charge in [0, 0.05) is 16.3 Å². The highest BCUT2D eigenvalue weighted by molar-refractivity contribution is 6.46. The first-order chi connectivity index (χ1) is 9.06. The maximum atomic E-state index is 11.9. The van der Waals surface area contributed by atoms with Crippen LogP contribution in [0.4, 0.5) is 5.69 Å². The van der Waals surface area contributed by atoms with E-state index in [1.165, 1.54) is 12.1 Å². The zero-order valence-corrected chi connectivity index (χ0v) is 11.1. The molecule has 0 saturated heterocycles. The Morgan fingerprint density at radius 1 is 1.05 bits per heavy atom. The zero-order valence-electron chi connectivity index (χ0n) is 10.3. The van der Waals surface area contributed by atoms with Gasteiger partial charge in [0.2, 0.25) is 0 Å². The van der Waals surface area contributed by atoms with Crippen LogP contribution < -0.4 is 5.32 Å². The predicted octanol–water partition coefficient (Wildman–Crippen LogP) is 3.47. The summed E-state index contributed by atoms with van der Waals surface area (Å²) in [6.07, 6.45) is 0. The number of benzene rings is 2. The third-order valence-corrected chi connectivity index (χ3v) is 2.84. The molecule has 0 aromatic heterocycles. The van der Waals surface area contributed by atoms with Gasteiger partial charge in [-0.1, -0.05) is 23.7 Å². The third kappa shape index (κ3) is 3.42. The summed E-state index contributed by atoms with van der Waals surface area (Å²) < 4.78 is 0. The van der Waals surface area contributed by atoms with Crippen molar-refractivity contribution in [3.63, 3.8) is 0 Å². The molecule has 96 valence electrons. The first-order valence-electron chi connectivity index (χ1n) is 5.74. The number of carbonyl (C=O) groups is 2. The topological polar surface area (TPSA) is 46.2 Å². The monoisotopic (exact) mass is 273 g/mol. The molecule has 2 rings (SSSR count). The number of hydrogen-bond donors (Lipinski definition) is 1. The Bertz CT molecular complexity index is 620. The fraction of sp³-hybridized carbons (Fsp3) is 0.0667. The second-order valence-electron chi connectivity index (χ2n) is 4.16. The van der Waals surface area contributed by atoms with E-state index in [1.807, 2.05) is 19.1 Å². The fourth-order valence-electron chi connectivity index (χ4n) is 1.64. The quantitative estimate of drug-likeness (QED) is 0.687. The van der Waals surface area contributed by atoms with E-state index < -0.39 is 11.7 Å². The third-order valence-electron chi connectivity index (χ3n) is 2.59. The number of carbonyl (C=O) groups excluding carboxylic acids is 2. The van der Waals surface area contributed by atoms with E-state index in [4.69, 9.17) is 11.6 Å². The van der Waals surface area contributed by atoms with Crippen LogP contribution in [0.25, 0.3) is 0 Å². The summed E-state index contributed by atoms with van der Waals surface area (Å²) >= 11 is 5.73. The van der Waals surface area contributed by atoms with Crippen LogP contribution in [-0.4, -0.2) is 11.7 Å². The van der Waals surface area contributed by atoms with Crippen LogP contribution in [0.15, 0.2) is 48.5 Å². The van der Waals surface area contributed by atoms with Crippen LogP contribution in [0.3, 0.4) is 0 Å². The smallest absolute Gasteiger partial charge is 0.296 e. The molecule has 1 N–H and O–H groups in total. The van der Waals surface area contributed by atoms with Crippen LogP contribution in [-0.2, 0) is 4.79 Å². The molecule has 0 atom stereocenters. The van der Waals surface area contributed by atoms with Gasteiger partial charge in [0.15, 0.2) is 0 Å². The molecule has 0 fully saturated rings. The fourth-order valence-corrected chi connectivity index (χ4v) is 1.77. The number of hydrogen-bond acceptors (Lipinski definition) is 2. The Kier molecular flexibility index (Phi) is 3.97. The lowest BCUT2D eigenvalue weighted by molar-refractivity contribution is -0.112. The second-order valence-corrected chi connectivity index (χ2v) is 4.60. The van der Waals surface area contributed by atoms with Crippen molar-refractivity contribution in [1.29, 1.82) is 0 Å². The average molecular weight is 274 g/mol. The van der Waals surface area contributed by atoms with Gasteiger partial charge < -0.3 is 5.32 Å². The van der Waals surface area contributed by atoms with Gasteiger partial charge in [-0.15, -0.1) is 0 Å². The van der Waals surface area contributed by atoms with Crippen LogP contribution in [0.1, 0.15) is 15.9 Å². The summed E-state index contributed by atoms with van der Waals surface area (Å²) in [5, 5.41) is 3.10. The minimum Gasteiger partial charge on any atom is -0.319 e. The molecule has 0 aliphatic rings. The van der Waals surface area contributed by atoms with Crippen LogP contribution in [0.2, 0.25) is 5.02 Å². The molecule has 19 heavy (non-hydrogen) atoms. The molecule has 1 amide bonds. The van der Waals surface area contributed by atoms with Gasteiger partial charge >= 0.3 is 0 Å². The highest BCUT2D eigenvalue weighted by atomic mass is 35.5. The molecular weight excluding hydrogens is 262 g/mol. The molecule has 2 aromatic rings. The highest BCUT2D eigenvalue weighted by Gasteiger charge is 2.16. The molecule has 3 nitrogen and oxygen atoms in total. The molecule has 0 aliphatic carbocycles. The molecule has 2 aromatic carbocycles. The molecule has 0 aliphatic heterocycles. The van der Waals surface area contributed by atoms with E-state index in [0.29, 0.717) is 16.3 Å². The van der Waals surface area contributed by atoms with Crippen LogP contribution in [0.5, 0.6) is 0 Å². The number of aryl methyl sites for hydroxylation is 1. The number of halogens is 1. The van der Waals surface area contributed by atoms with Gasteiger partial charge in [-0.25, -0.2) is 0 Å². The van der Waals surface area contributed by atoms with E-state index >= 15 is 0 Å². The summed E-state index contributed by atoms with van der Waals surface area (Å²) in [6, 6.07) is 13.5. The van der Waals surface area contributed by atoms with E-state index in [9.17, 15) is 9.59 Å². The predicted molar refractivity (Wildman–Crippen MR) is 75.6 cm³/mol. The maximum Gasteiger partial charge on any atom is 0.296 e. The van der Waals surface area contributed by atoms with Crippen molar-refractivity contribution in [2.24, 2.45) is 0 Å². The molecule has 0 heterocycles. The Balaban J connectivity index is 2.12. The number of rotatable bonds is 3. The SMILES string of the molecule is Cc1cccc(NC(=O)C(=O)c2ccc(Cl)cc2)c1. The largest absolute Gasteiger partial charge is 0.319 e. The van der Waals surface area contributed by atoms with Crippen molar-refractivity contribution < 1.29 is 9.59 Å². The maximum absolute atomic E-state index is 11.9. The highest BCUT2D eigenvalue weighted by Crippen LogP contribution is 2.12. The number of ketones is 1. The number of amides is 1. The lowest BCUT2D eigenvalue weighted by Crippen LogP contribution is -2.22. The van der Waals surface area contributed by atoms with Gasteiger partial charge in [-0.3, -0.25) is 9.59 Å². The number of anilines is 1. The van der Waals surface area contributed by atoms with Crippen molar-refractivity contribution in [2.75, 3.05) is 5.32 Å². The van der Waals surface area contributed by atoms with Crippen molar-refractivity contribution >= 4 is 29.0 Å². The molecule has 0 bridgehead atoms. The molecule has 0 unspecified atom stereocenters. The van der Waals surface area contributed by atoms with E-state index in [-0.39, 0.29) is 0 Å². The molecule has 0 saturated carbocycles. The Hall–Kier alpha value is -2.13. The Labute approximate surface area is 116 Å². The summed E-state index contributed by atoms with van der Waals surface area (Å²) in [5.74, 6) is -1.24. The molecule has 0 radical (unpaired) electrons. The van der Waals surface area contributed by atoms with Gasteiger partial charge in [0.1, 0.15) is 0 Å².